The third-order valence-electron chi connectivity index (χ3n) is 2.94. The first-order valence-corrected chi connectivity index (χ1v) is 7.81. The number of hydrogen-bond donors (Lipinski definition) is 1. The minimum Gasteiger partial charge on any atom is -0.357 e. The summed E-state index contributed by atoms with van der Waals surface area (Å²) in [4.78, 5) is 11.8. The fourth-order valence-electron chi connectivity index (χ4n) is 1.95. The second-order valence-corrected chi connectivity index (χ2v) is 6.50. The third-order valence-corrected chi connectivity index (χ3v) is 4.16. The number of nitrogens with one attached hydrogen (secondary N) is 1. The molecule has 0 fully saturated rings. The van der Waals surface area contributed by atoms with E-state index in [1.807, 2.05) is 26.0 Å². The summed E-state index contributed by atoms with van der Waals surface area (Å²) in [6.07, 6.45) is 1.11. The number of nitrogens with zero attached hydrogens (tertiary/aromatic N) is 1. The molecular weight excluding hydrogens is 264 g/mol. The number of carbonyl (C=O) groups is 1. The summed E-state index contributed by atoms with van der Waals surface area (Å²) >= 11 is 0. The maximum atomic E-state index is 12.0. The molecule has 0 aliphatic heterocycles. The Morgan fingerprint density at radius 3 is 2.37 bits per heavy atom. The average molecular weight is 284 g/mol. The molecule has 5 nitrogen and oxygen atoms in total. The minimum atomic E-state index is -3.54. The molecule has 19 heavy (non-hydrogen) atoms. The molecule has 0 radical (unpaired) electrons. The molecule has 0 aliphatic rings. The Morgan fingerprint density at radius 1 is 1.32 bits per heavy atom. The summed E-state index contributed by atoms with van der Waals surface area (Å²) in [5.74, 6) is -0.341. The van der Waals surface area contributed by atoms with Crippen LogP contribution in [0.15, 0.2) is 18.2 Å². The second kappa shape index (κ2) is 5.61. The first-order valence-electron chi connectivity index (χ1n) is 5.96. The number of anilines is 1. The Kier molecular flexibility index (Phi) is 4.57. The summed E-state index contributed by atoms with van der Waals surface area (Å²) in [6, 6.07) is 4.74. The molecule has 1 atom stereocenters. The van der Waals surface area contributed by atoms with Gasteiger partial charge in [-0.2, -0.15) is 0 Å². The van der Waals surface area contributed by atoms with Gasteiger partial charge in [-0.1, -0.05) is 12.1 Å². The predicted molar refractivity (Wildman–Crippen MR) is 76.8 cm³/mol. The number of aryl methyl sites for hydroxylation is 2. The highest BCUT2D eigenvalue weighted by Crippen LogP contribution is 2.26. The number of rotatable bonds is 4. The van der Waals surface area contributed by atoms with E-state index in [-0.39, 0.29) is 5.91 Å². The van der Waals surface area contributed by atoms with Crippen molar-refractivity contribution < 1.29 is 13.2 Å². The summed E-state index contributed by atoms with van der Waals surface area (Å²) in [6.45, 7) is 5.28. The van der Waals surface area contributed by atoms with E-state index < -0.39 is 16.1 Å². The van der Waals surface area contributed by atoms with Gasteiger partial charge in [0, 0.05) is 7.05 Å². The summed E-state index contributed by atoms with van der Waals surface area (Å²) < 4.78 is 25.2. The van der Waals surface area contributed by atoms with E-state index in [4.69, 9.17) is 0 Å². The molecule has 1 N–H and O–H groups in total. The topological polar surface area (TPSA) is 66.5 Å². The van der Waals surface area contributed by atoms with Crippen LogP contribution in [0.1, 0.15) is 18.1 Å². The van der Waals surface area contributed by atoms with Crippen molar-refractivity contribution in [3.05, 3.63) is 29.3 Å². The van der Waals surface area contributed by atoms with Crippen molar-refractivity contribution in [2.45, 2.75) is 26.8 Å². The van der Waals surface area contributed by atoms with Gasteiger partial charge in [0.15, 0.2) is 0 Å². The van der Waals surface area contributed by atoms with E-state index in [1.165, 1.54) is 7.05 Å². The SMILES string of the molecule is CNC(=O)[C@H](C)N(c1cc(C)ccc1C)S(C)(=O)=O. The molecule has 0 heterocycles. The van der Waals surface area contributed by atoms with Gasteiger partial charge in [0.1, 0.15) is 6.04 Å². The van der Waals surface area contributed by atoms with Crippen molar-refractivity contribution in [3.63, 3.8) is 0 Å². The molecule has 0 aliphatic carbocycles. The van der Waals surface area contributed by atoms with Crippen LogP contribution >= 0.6 is 0 Å². The van der Waals surface area contributed by atoms with Crippen molar-refractivity contribution in [1.29, 1.82) is 0 Å². The normalized spacial score (nSPS) is 12.9. The quantitative estimate of drug-likeness (QED) is 0.903. The number of amides is 1. The minimum absolute atomic E-state index is 0.341. The number of hydrogen-bond acceptors (Lipinski definition) is 3. The molecule has 106 valence electrons. The van der Waals surface area contributed by atoms with Crippen LogP contribution in [0.5, 0.6) is 0 Å². The molecule has 0 saturated heterocycles. The van der Waals surface area contributed by atoms with Gasteiger partial charge in [0.05, 0.1) is 11.9 Å². The Hall–Kier alpha value is -1.56. The van der Waals surface area contributed by atoms with Crippen molar-refractivity contribution in [2.75, 3.05) is 17.6 Å². The monoisotopic (exact) mass is 284 g/mol. The van der Waals surface area contributed by atoms with Crippen molar-refractivity contribution in [3.8, 4) is 0 Å². The largest absolute Gasteiger partial charge is 0.357 e. The van der Waals surface area contributed by atoms with Gasteiger partial charge in [-0.15, -0.1) is 0 Å². The van der Waals surface area contributed by atoms with Crippen LogP contribution in [0, 0.1) is 13.8 Å². The fraction of sp³-hybridized carbons (Fsp3) is 0.462. The van der Waals surface area contributed by atoms with Crippen LogP contribution in [0.4, 0.5) is 5.69 Å². The zero-order valence-corrected chi connectivity index (χ0v) is 12.7. The zero-order valence-electron chi connectivity index (χ0n) is 11.9. The standard InChI is InChI=1S/C13H20N2O3S/c1-9-6-7-10(2)12(8-9)15(19(5,17)18)11(3)13(16)14-4/h6-8,11H,1-5H3,(H,14,16)/t11-/m0/s1. The van der Waals surface area contributed by atoms with E-state index in [1.54, 1.807) is 13.0 Å². The molecule has 6 heteroatoms. The van der Waals surface area contributed by atoms with E-state index in [9.17, 15) is 13.2 Å². The van der Waals surface area contributed by atoms with Gasteiger partial charge in [0.25, 0.3) is 0 Å². The lowest BCUT2D eigenvalue weighted by atomic mass is 10.1. The molecule has 0 saturated carbocycles. The van der Waals surface area contributed by atoms with Crippen molar-refractivity contribution >= 4 is 21.6 Å². The van der Waals surface area contributed by atoms with Crippen LogP contribution < -0.4 is 9.62 Å². The maximum Gasteiger partial charge on any atom is 0.243 e. The van der Waals surface area contributed by atoms with Crippen LogP contribution in [0.3, 0.4) is 0 Å². The van der Waals surface area contributed by atoms with E-state index in [0.717, 1.165) is 21.7 Å². The first-order chi connectivity index (χ1) is 8.68. The van der Waals surface area contributed by atoms with Gasteiger partial charge in [0.2, 0.25) is 15.9 Å². The summed E-state index contributed by atoms with van der Waals surface area (Å²) in [5, 5.41) is 2.48. The molecule has 1 aromatic rings. The lowest BCUT2D eigenvalue weighted by Gasteiger charge is -2.29. The van der Waals surface area contributed by atoms with Gasteiger partial charge in [-0.25, -0.2) is 8.42 Å². The van der Waals surface area contributed by atoms with Crippen LogP contribution in [-0.2, 0) is 14.8 Å². The molecule has 1 rings (SSSR count). The molecule has 0 unspecified atom stereocenters. The fourth-order valence-corrected chi connectivity index (χ4v) is 3.17. The van der Waals surface area contributed by atoms with Crippen molar-refractivity contribution in [1.82, 2.24) is 5.32 Å². The first kappa shape index (κ1) is 15.5. The van der Waals surface area contributed by atoms with Crippen LogP contribution in [0.25, 0.3) is 0 Å². The highest BCUT2D eigenvalue weighted by Gasteiger charge is 2.29. The summed E-state index contributed by atoms with van der Waals surface area (Å²) in [5.41, 5.74) is 2.30. The second-order valence-electron chi connectivity index (χ2n) is 4.64. The van der Waals surface area contributed by atoms with Crippen LogP contribution in [0.2, 0.25) is 0 Å². The molecule has 0 spiro atoms. The molecule has 1 amide bonds. The van der Waals surface area contributed by atoms with E-state index in [0.29, 0.717) is 5.69 Å². The maximum absolute atomic E-state index is 12.0. The lowest BCUT2D eigenvalue weighted by Crippen LogP contribution is -2.47. The van der Waals surface area contributed by atoms with E-state index in [2.05, 4.69) is 5.32 Å². The van der Waals surface area contributed by atoms with Gasteiger partial charge in [-0.3, -0.25) is 9.10 Å². The Balaban J connectivity index is 3.41. The molecular formula is C13H20N2O3S. The van der Waals surface area contributed by atoms with Gasteiger partial charge >= 0.3 is 0 Å². The zero-order chi connectivity index (χ0) is 14.8. The van der Waals surface area contributed by atoms with Gasteiger partial charge in [-0.05, 0) is 38.0 Å². The summed E-state index contributed by atoms with van der Waals surface area (Å²) in [7, 11) is -2.05. The third kappa shape index (κ3) is 3.47. The Bertz CT molecular complexity index is 582. The van der Waals surface area contributed by atoms with Crippen LogP contribution in [-0.4, -0.2) is 33.7 Å². The molecule has 0 aromatic heterocycles. The molecule has 1 aromatic carbocycles. The Labute approximate surface area is 114 Å². The number of benzene rings is 1. The average Bonchev–Trinajstić information content (AvgIpc) is 2.31. The Morgan fingerprint density at radius 2 is 1.89 bits per heavy atom. The van der Waals surface area contributed by atoms with E-state index >= 15 is 0 Å². The predicted octanol–water partition coefficient (Wildman–Crippen LogP) is 1.20. The number of likely N-dealkylation sites (N-methyl/N-ethyl adjacent to an activating group) is 1. The van der Waals surface area contributed by atoms with Gasteiger partial charge < -0.3 is 5.32 Å². The molecule has 0 bridgehead atoms. The number of sulfonamides is 1. The smallest absolute Gasteiger partial charge is 0.243 e. The highest BCUT2D eigenvalue weighted by atomic mass is 32.2. The number of carbonyl (C=O) groups excluding carboxylic acids is 1. The highest BCUT2D eigenvalue weighted by molar-refractivity contribution is 7.92. The van der Waals surface area contributed by atoms with Crippen molar-refractivity contribution in [2.24, 2.45) is 0 Å². The lowest BCUT2D eigenvalue weighted by molar-refractivity contribution is -0.121.